The Labute approximate surface area is 142 Å². The van der Waals surface area contributed by atoms with E-state index in [9.17, 15) is 4.79 Å². The van der Waals surface area contributed by atoms with Crippen LogP contribution in [0, 0.1) is 6.92 Å². The van der Waals surface area contributed by atoms with Gasteiger partial charge in [-0.3, -0.25) is 4.79 Å². The van der Waals surface area contributed by atoms with Gasteiger partial charge >= 0.3 is 0 Å². The Morgan fingerprint density at radius 1 is 1.21 bits per heavy atom. The van der Waals surface area contributed by atoms with Crippen LogP contribution in [-0.4, -0.2) is 36.3 Å². The highest BCUT2D eigenvalue weighted by molar-refractivity contribution is 5.76. The van der Waals surface area contributed by atoms with Gasteiger partial charge in [0.05, 0.1) is 12.8 Å². The highest BCUT2D eigenvalue weighted by Crippen LogP contribution is 2.22. The van der Waals surface area contributed by atoms with Gasteiger partial charge in [-0.2, -0.15) is 5.10 Å². The summed E-state index contributed by atoms with van der Waals surface area (Å²) in [6.07, 6.45) is 0.442. The van der Waals surface area contributed by atoms with Crippen molar-refractivity contribution in [2.24, 2.45) is 0 Å². The molecule has 24 heavy (non-hydrogen) atoms. The number of hydrogen-bond donors (Lipinski definition) is 2. The minimum atomic E-state index is 0.0297. The number of aromatic nitrogens is 2. The van der Waals surface area contributed by atoms with Gasteiger partial charge in [-0.05, 0) is 42.7 Å². The van der Waals surface area contributed by atoms with E-state index in [1.165, 1.54) is 0 Å². The van der Waals surface area contributed by atoms with Crippen molar-refractivity contribution in [2.45, 2.75) is 26.2 Å². The van der Waals surface area contributed by atoms with E-state index in [0.717, 1.165) is 17.0 Å². The van der Waals surface area contributed by atoms with Crippen molar-refractivity contribution in [3.05, 3.63) is 47.7 Å². The molecule has 1 aromatic carbocycles. The number of benzene rings is 1. The van der Waals surface area contributed by atoms with Gasteiger partial charge in [0.15, 0.2) is 0 Å². The first-order valence-electron chi connectivity index (χ1n) is 8.03. The SMILES string of the molecule is COc1cccc([C@@H](C)CC(=O)NCCNc2ccc(C)nn2)c1. The Bertz CT molecular complexity index is 658. The average molecular weight is 328 g/mol. The summed E-state index contributed by atoms with van der Waals surface area (Å²) in [5.74, 6) is 1.68. The quantitative estimate of drug-likeness (QED) is 0.728. The summed E-state index contributed by atoms with van der Waals surface area (Å²) < 4.78 is 5.22. The Morgan fingerprint density at radius 3 is 2.75 bits per heavy atom. The molecule has 1 aromatic heterocycles. The minimum absolute atomic E-state index is 0.0297. The molecule has 0 aliphatic rings. The minimum Gasteiger partial charge on any atom is -0.497 e. The number of aryl methyl sites for hydroxylation is 1. The second kappa shape index (κ2) is 8.86. The largest absolute Gasteiger partial charge is 0.497 e. The molecule has 2 N–H and O–H groups in total. The number of carbonyl (C=O) groups excluding carboxylic acids is 1. The maximum atomic E-state index is 12.0. The van der Waals surface area contributed by atoms with Crippen LogP contribution in [0.25, 0.3) is 0 Å². The zero-order valence-corrected chi connectivity index (χ0v) is 14.4. The van der Waals surface area contributed by atoms with Crippen LogP contribution in [0.1, 0.15) is 30.5 Å². The second-order valence-corrected chi connectivity index (χ2v) is 5.72. The zero-order chi connectivity index (χ0) is 17.4. The van der Waals surface area contributed by atoms with Crippen LogP contribution < -0.4 is 15.4 Å². The Hall–Kier alpha value is -2.63. The van der Waals surface area contributed by atoms with Crippen LogP contribution in [-0.2, 0) is 4.79 Å². The Morgan fingerprint density at radius 2 is 2.04 bits per heavy atom. The van der Waals surface area contributed by atoms with Crippen LogP contribution in [0.5, 0.6) is 5.75 Å². The van der Waals surface area contributed by atoms with Crippen LogP contribution in [0.2, 0.25) is 0 Å². The van der Waals surface area contributed by atoms with Gasteiger partial charge in [-0.1, -0.05) is 19.1 Å². The Kier molecular flexibility index (Phi) is 6.54. The average Bonchev–Trinajstić information content (AvgIpc) is 2.60. The lowest BCUT2D eigenvalue weighted by molar-refractivity contribution is -0.121. The van der Waals surface area contributed by atoms with E-state index >= 15 is 0 Å². The molecule has 0 aliphatic heterocycles. The third-order valence-corrected chi connectivity index (χ3v) is 3.71. The molecule has 2 rings (SSSR count). The van der Waals surface area contributed by atoms with Crippen molar-refractivity contribution in [2.75, 3.05) is 25.5 Å². The third kappa shape index (κ3) is 5.53. The first-order valence-corrected chi connectivity index (χ1v) is 8.03. The molecule has 6 heteroatoms. The summed E-state index contributed by atoms with van der Waals surface area (Å²) in [5.41, 5.74) is 1.97. The lowest BCUT2D eigenvalue weighted by atomic mass is 9.97. The van der Waals surface area contributed by atoms with Crippen LogP contribution in [0.4, 0.5) is 5.82 Å². The fourth-order valence-electron chi connectivity index (χ4n) is 2.30. The number of nitrogens with zero attached hydrogens (tertiary/aromatic N) is 2. The summed E-state index contributed by atoms with van der Waals surface area (Å²) >= 11 is 0. The summed E-state index contributed by atoms with van der Waals surface area (Å²) in [4.78, 5) is 12.0. The number of anilines is 1. The fraction of sp³-hybridized carbons (Fsp3) is 0.389. The first kappa shape index (κ1) is 17.7. The molecule has 0 aliphatic carbocycles. The molecule has 128 valence electrons. The molecule has 0 bridgehead atoms. The molecule has 0 radical (unpaired) electrons. The molecule has 0 spiro atoms. The number of amides is 1. The lowest BCUT2D eigenvalue weighted by Gasteiger charge is -2.13. The summed E-state index contributed by atoms with van der Waals surface area (Å²) in [7, 11) is 1.64. The normalized spacial score (nSPS) is 11.6. The van der Waals surface area contributed by atoms with Crippen molar-refractivity contribution < 1.29 is 9.53 Å². The number of methoxy groups -OCH3 is 1. The van der Waals surface area contributed by atoms with Crippen molar-refractivity contribution >= 4 is 11.7 Å². The number of hydrogen-bond acceptors (Lipinski definition) is 5. The number of carbonyl (C=O) groups is 1. The van der Waals surface area contributed by atoms with Gasteiger partial charge in [0.1, 0.15) is 11.6 Å². The van der Waals surface area contributed by atoms with Gasteiger partial charge < -0.3 is 15.4 Å². The van der Waals surface area contributed by atoms with Gasteiger partial charge in [-0.15, -0.1) is 5.10 Å². The molecular formula is C18H24N4O2. The Balaban J connectivity index is 1.71. The van der Waals surface area contributed by atoms with E-state index in [-0.39, 0.29) is 11.8 Å². The molecule has 0 saturated carbocycles. The molecular weight excluding hydrogens is 304 g/mol. The van der Waals surface area contributed by atoms with E-state index in [0.29, 0.717) is 25.3 Å². The van der Waals surface area contributed by atoms with Crippen molar-refractivity contribution in [3.8, 4) is 5.75 Å². The second-order valence-electron chi connectivity index (χ2n) is 5.72. The van der Waals surface area contributed by atoms with Gasteiger partial charge in [0.25, 0.3) is 0 Å². The van der Waals surface area contributed by atoms with Crippen LogP contribution >= 0.6 is 0 Å². The van der Waals surface area contributed by atoms with E-state index < -0.39 is 0 Å². The third-order valence-electron chi connectivity index (χ3n) is 3.71. The monoisotopic (exact) mass is 328 g/mol. The molecule has 0 fully saturated rings. The van der Waals surface area contributed by atoms with Gasteiger partial charge in [0.2, 0.25) is 5.91 Å². The predicted molar refractivity (Wildman–Crippen MR) is 94.3 cm³/mol. The maximum Gasteiger partial charge on any atom is 0.220 e. The van der Waals surface area contributed by atoms with Crippen LogP contribution in [0.3, 0.4) is 0 Å². The van der Waals surface area contributed by atoms with Crippen molar-refractivity contribution in [3.63, 3.8) is 0 Å². The molecule has 0 unspecified atom stereocenters. The first-order chi connectivity index (χ1) is 11.6. The highest BCUT2D eigenvalue weighted by atomic mass is 16.5. The highest BCUT2D eigenvalue weighted by Gasteiger charge is 2.11. The topological polar surface area (TPSA) is 76.1 Å². The number of nitrogens with one attached hydrogen (secondary N) is 2. The standard InChI is InChI=1S/C18H24N4O2/c1-13(15-5-4-6-16(12-15)24-3)11-18(23)20-10-9-19-17-8-7-14(2)21-22-17/h4-8,12-13H,9-11H2,1-3H3,(H,19,22)(H,20,23)/t13-/m0/s1. The van der Waals surface area contributed by atoms with Crippen molar-refractivity contribution in [1.82, 2.24) is 15.5 Å². The van der Waals surface area contributed by atoms with Gasteiger partial charge in [0, 0.05) is 19.5 Å². The molecule has 2 aromatic rings. The molecule has 1 atom stereocenters. The maximum absolute atomic E-state index is 12.0. The molecule has 6 nitrogen and oxygen atoms in total. The van der Waals surface area contributed by atoms with E-state index in [4.69, 9.17) is 4.74 Å². The van der Waals surface area contributed by atoms with Crippen LogP contribution in [0.15, 0.2) is 36.4 Å². The number of ether oxygens (including phenoxy) is 1. The van der Waals surface area contributed by atoms with E-state index in [1.807, 2.05) is 50.2 Å². The van der Waals surface area contributed by atoms with E-state index in [1.54, 1.807) is 7.11 Å². The molecule has 1 amide bonds. The lowest BCUT2D eigenvalue weighted by Crippen LogP contribution is -2.29. The molecule has 1 heterocycles. The number of rotatable bonds is 8. The fourth-order valence-corrected chi connectivity index (χ4v) is 2.30. The van der Waals surface area contributed by atoms with Crippen molar-refractivity contribution in [1.29, 1.82) is 0 Å². The smallest absolute Gasteiger partial charge is 0.220 e. The molecule has 0 saturated heterocycles. The van der Waals surface area contributed by atoms with E-state index in [2.05, 4.69) is 20.8 Å². The predicted octanol–water partition coefficient (Wildman–Crippen LogP) is 2.52. The summed E-state index contributed by atoms with van der Waals surface area (Å²) in [6, 6.07) is 11.6. The zero-order valence-electron chi connectivity index (χ0n) is 14.4. The van der Waals surface area contributed by atoms with Gasteiger partial charge in [-0.25, -0.2) is 0 Å². The summed E-state index contributed by atoms with van der Waals surface area (Å²) in [6.45, 7) is 5.07. The summed E-state index contributed by atoms with van der Waals surface area (Å²) in [5, 5.41) is 14.0.